The van der Waals surface area contributed by atoms with Crippen molar-refractivity contribution in [2.75, 3.05) is 13.1 Å². The molecule has 2 saturated heterocycles. The van der Waals surface area contributed by atoms with E-state index >= 15 is 0 Å². The summed E-state index contributed by atoms with van der Waals surface area (Å²) in [5.74, 6) is -2.48. The van der Waals surface area contributed by atoms with Crippen LogP contribution >= 0.6 is 11.3 Å². The Hall–Kier alpha value is -1.94. The summed E-state index contributed by atoms with van der Waals surface area (Å²) < 4.78 is 31.7. The Labute approximate surface area is 152 Å². The van der Waals surface area contributed by atoms with E-state index in [1.54, 1.807) is 11.3 Å². The van der Waals surface area contributed by atoms with E-state index in [0.29, 0.717) is 25.0 Å². The molecular weight excluding hydrogens is 371 g/mol. The molecule has 1 aromatic rings. The average molecular weight is 391 g/mol. The SMILES string of the molecule is C=CCN1C(=O)CC2C1CCN2Cc1csc(C)n1.O=C(O)C(F)(F)F. The van der Waals surface area contributed by atoms with Crippen LogP contribution in [0.15, 0.2) is 18.0 Å². The molecule has 0 aliphatic carbocycles. The number of thiazole rings is 1. The van der Waals surface area contributed by atoms with Gasteiger partial charge in [-0.15, -0.1) is 17.9 Å². The summed E-state index contributed by atoms with van der Waals surface area (Å²) in [6, 6.07) is 0.750. The van der Waals surface area contributed by atoms with Crippen molar-refractivity contribution in [3.05, 3.63) is 28.7 Å². The smallest absolute Gasteiger partial charge is 0.475 e. The normalized spacial score (nSPS) is 22.8. The molecule has 26 heavy (non-hydrogen) atoms. The fourth-order valence-electron chi connectivity index (χ4n) is 3.27. The highest BCUT2D eigenvalue weighted by Crippen LogP contribution is 2.33. The first-order valence-electron chi connectivity index (χ1n) is 7.99. The highest BCUT2D eigenvalue weighted by molar-refractivity contribution is 7.09. The predicted molar refractivity (Wildman–Crippen MR) is 89.7 cm³/mol. The van der Waals surface area contributed by atoms with Gasteiger partial charge in [-0.25, -0.2) is 9.78 Å². The molecule has 3 heterocycles. The Morgan fingerprint density at radius 3 is 2.65 bits per heavy atom. The number of carbonyl (C=O) groups excluding carboxylic acids is 1. The van der Waals surface area contributed by atoms with Gasteiger partial charge in [0.15, 0.2) is 0 Å². The summed E-state index contributed by atoms with van der Waals surface area (Å²) in [7, 11) is 0. The number of carbonyl (C=O) groups is 2. The quantitative estimate of drug-likeness (QED) is 0.798. The van der Waals surface area contributed by atoms with Gasteiger partial charge in [-0.1, -0.05) is 6.08 Å². The number of amides is 1. The van der Waals surface area contributed by atoms with E-state index < -0.39 is 12.1 Å². The number of likely N-dealkylation sites (tertiary alicyclic amines) is 2. The maximum atomic E-state index is 12.0. The molecule has 6 nitrogen and oxygen atoms in total. The van der Waals surface area contributed by atoms with Gasteiger partial charge in [0.25, 0.3) is 0 Å². The molecule has 0 bridgehead atoms. The molecule has 1 amide bonds. The van der Waals surface area contributed by atoms with Crippen molar-refractivity contribution in [2.24, 2.45) is 0 Å². The Balaban J connectivity index is 0.000000298. The number of aryl methyl sites for hydroxylation is 1. The number of hydrogen-bond donors (Lipinski definition) is 1. The van der Waals surface area contributed by atoms with Gasteiger partial charge in [-0.05, 0) is 13.3 Å². The zero-order valence-corrected chi connectivity index (χ0v) is 15.0. The minimum Gasteiger partial charge on any atom is -0.475 e. The number of carboxylic acids is 1. The third-order valence-electron chi connectivity index (χ3n) is 4.33. The topological polar surface area (TPSA) is 73.7 Å². The zero-order chi connectivity index (χ0) is 19.5. The van der Waals surface area contributed by atoms with Crippen molar-refractivity contribution < 1.29 is 27.9 Å². The second-order valence-corrected chi connectivity index (χ2v) is 7.16. The minimum atomic E-state index is -5.08. The number of fused-ring (bicyclic) bond motifs is 1. The van der Waals surface area contributed by atoms with Gasteiger partial charge in [0.1, 0.15) is 0 Å². The van der Waals surface area contributed by atoms with E-state index in [4.69, 9.17) is 9.90 Å². The highest BCUT2D eigenvalue weighted by atomic mass is 32.1. The number of alkyl halides is 3. The van der Waals surface area contributed by atoms with Crippen LogP contribution in [0.25, 0.3) is 0 Å². The van der Waals surface area contributed by atoms with Crippen LogP contribution in [0.5, 0.6) is 0 Å². The monoisotopic (exact) mass is 391 g/mol. The van der Waals surface area contributed by atoms with Gasteiger partial charge >= 0.3 is 12.1 Å². The fourth-order valence-corrected chi connectivity index (χ4v) is 3.87. The molecule has 0 aromatic carbocycles. The lowest BCUT2D eigenvalue weighted by atomic mass is 10.1. The number of halogens is 3. The summed E-state index contributed by atoms with van der Waals surface area (Å²) in [4.78, 5) is 29.8. The number of hydrogen-bond acceptors (Lipinski definition) is 5. The van der Waals surface area contributed by atoms with Crippen LogP contribution in [0, 0.1) is 6.92 Å². The number of carboxylic acid groups (broad SMARTS) is 1. The summed E-state index contributed by atoms with van der Waals surface area (Å²) >= 11 is 1.69. The molecule has 2 atom stereocenters. The van der Waals surface area contributed by atoms with E-state index in [2.05, 4.69) is 21.8 Å². The van der Waals surface area contributed by atoms with E-state index in [0.717, 1.165) is 30.2 Å². The van der Waals surface area contributed by atoms with Crippen molar-refractivity contribution in [1.82, 2.24) is 14.8 Å². The Kier molecular flexibility index (Phi) is 6.40. The lowest BCUT2D eigenvalue weighted by Crippen LogP contribution is -2.37. The summed E-state index contributed by atoms with van der Waals surface area (Å²) in [5, 5.41) is 10.4. The molecule has 2 aliphatic rings. The van der Waals surface area contributed by atoms with Gasteiger partial charge in [-0.3, -0.25) is 9.69 Å². The maximum Gasteiger partial charge on any atom is 0.490 e. The highest BCUT2D eigenvalue weighted by Gasteiger charge is 2.46. The maximum absolute atomic E-state index is 12.0. The third-order valence-corrected chi connectivity index (χ3v) is 5.15. The van der Waals surface area contributed by atoms with Crippen molar-refractivity contribution in [1.29, 1.82) is 0 Å². The molecule has 10 heteroatoms. The van der Waals surface area contributed by atoms with Crippen molar-refractivity contribution >= 4 is 23.2 Å². The number of rotatable bonds is 4. The van der Waals surface area contributed by atoms with Crippen LogP contribution in [0.3, 0.4) is 0 Å². The molecule has 1 N–H and O–H groups in total. The number of aromatic nitrogens is 1. The van der Waals surface area contributed by atoms with Gasteiger partial charge in [0.2, 0.25) is 5.91 Å². The third kappa shape index (κ3) is 4.82. The van der Waals surface area contributed by atoms with Crippen LogP contribution < -0.4 is 0 Å². The first kappa shape index (κ1) is 20.4. The molecule has 2 fully saturated rings. The standard InChI is InChI=1S/C14H19N3OS.C2HF3O2/c1-3-5-17-12-4-6-16(13(12)7-14(17)18)8-11-9-19-10(2)15-11;3-2(4,5)1(6)7/h3,9,12-13H,1,4-8H2,2H3;(H,6,7). The Morgan fingerprint density at radius 2 is 2.15 bits per heavy atom. The lowest BCUT2D eigenvalue weighted by molar-refractivity contribution is -0.192. The molecule has 1 aromatic heterocycles. The second kappa shape index (κ2) is 8.17. The number of nitrogens with zero attached hydrogens (tertiary/aromatic N) is 3. The summed E-state index contributed by atoms with van der Waals surface area (Å²) in [5.41, 5.74) is 1.14. The van der Waals surface area contributed by atoms with Gasteiger partial charge in [-0.2, -0.15) is 13.2 Å². The molecule has 0 spiro atoms. The first-order valence-corrected chi connectivity index (χ1v) is 8.87. The fraction of sp³-hybridized carbons (Fsp3) is 0.562. The Morgan fingerprint density at radius 1 is 1.50 bits per heavy atom. The molecule has 0 saturated carbocycles. The average Bonchev–Trinajstić information content (AvgIpc) is 3.19. The zero-order valence-electron chi connectivity index (χ0n) is 14.2. The van der Waals surface area contributed by atoms with Crippen LogP contribution in [0.4, 0.5) is 13.2 Å². The number of aliphatic carboxylic acids is 1. The van der Waals surface area contributed by atoms with Crippen molar-refractivity contribution in [2.45, 2.75) is 44.6 Å². The minimum absolute atomic E-state index is 0.272. The van der Waals surface area contributed by atoms with Crippen molar-refractivity contribution in [3.8, 4) is 0 Å². The second-order valence-electron chi connectivity index (χ2n) is 6.09. The van der Waals surface area contributed by atoms with Gasteiger partial charge in [0, 0.05) is 43.5 Å². The van der Waals surface area contributed by atoms with Gasteiger partial charge < -0.3 is 10.0 Å². The molecule has 2 aliphatic heterocycles. The van der Waals surface area contributed by atoms with E-state index in [1.807, 2.05) is 17.9 Å². The summed E-state index contributed by atoms with van der Waals surface area (Å²) in [6.45, 7) is 8.40. The van der Waals surface area contributed by atoms with Crippen LogP contribution in [0.1, 0.15) is 23.5 Å². The van der Waals surface area contributed by atoms with Gasteiger partial charge in [0.05, 0.1) is 10.7 Å². The molecular formula is C16H20F3N3O3S. The lowest BCUT2D eigenvalue weighted by Gasteiger charge is -2.24. The molecule has 144 valence electrons. The van der Waals surface area contributed by atoms with E-state index in [9.17, 15) is 18.0 Å². The van der Waals surface area contributed by atoms with Crippen molar-refractivity contribution in [3.63, 3.8) is 0 Å². The Bertz CT molecular complexity index is 677. The van der Waals surface area contributed by atoms with Crippen LogP contribution in [-0.4, -0.2) is 63.1 Å². The molecule has 2 unspecified atom stereocenters. The predicted octanol–water partition coefficient (Wildman–Crippen LogP) is 2.45. The first-order chi connectivity index (χ1) is 12.1. The van der Waals surface area contributed by atoms with Crippen LogP contribution in [-0.2, 0) is 16.1 Å². The van der Waals surface area contributed by atoms with E-state index in [1.165, 1.54) is 0 Å². The molecule has 3 rings (SSSR count). The molecule has 0 radical (unpaired) electrons. The summed E-state index contributed by atoms with van der Waals surface area (Å²) in [6.07, 6.45) is -1.53. The van der Waals surface area contributed by atoms with Crippen LogP contribution in [0.2, 0.25) is 0 Å². The van der Waals surface area contributed by atoms with E-state index in [-0.39, 0.29) is 5.91 Å². The largest absolute Gasteiger partial charge is 0.490 e.